The van der Waals surface area contributed by atoms with Crippen molar-refractivity contribution in [2.75, 3.05) is 17.2 Å². The van der Waals surface area contributed by atoms with Gasteiger partial charge in [-0.1, -0.05) is 32.4 Å². The highest BCUT2D eigenvalue weighted by molar-refractivity contribution is 6.32. The van der Waals surface area contributed by atoms with E-state index in [1.807, 2.05) is 0 Å². The predicted octanol–water partition coefficient (Wildman–Crippen LogP) is 4.19. The van der Waals surface area contributed by atoms with Crippen LogP contribution in [0, 0.1) is 11.8 Å². The lowest BCUT2D eigenvalue weighted by Crippen LogP contribution is -2.30. The molecule has 0 bridgehead atoms. The molecule has 5 heteroatoms. The Morgan fingerprint density at radius 3 is 2.80 bits per heavy atom. The molecule has 1 saturated carbocycles. The first-order valence-electron chi connectivity index (χ1n) is 7.63. The van der Waals surface area contributed by atoms with Crippen LogP contribution >= 0.6 is 11.6 Å². The predicted molar refractivity (Wildman–Crippen MR) is 85.4 cm³/mol. The number of nitrogens with zero attached hydrogens (tertiary/aromatic N) is 2. The smallest absolute Gasteiger partial charge is 0.224 e. The molecule has 3 atom stereocenters. The lowest BCUT2D eigenvalue weighted by atomic mass is 9.79. The Labute approximate surface area is 126 Å². The van der Waals surface area contributed by atoms with Crippen molar-refractivity contribution < 1.29 is 0 Å². The quantitative estimate of drug-likeness (QED) is 0.855. The van der Waals surface area contributed by atoms with E-state index >= 15 is 0 Å². The second-order valence-electron chi connectivity index (χ2n) is 5.93. The van der Waals surface area contributed by atoms with E-state index in [9.17, 15) is 0 Å². The molecule has 0 radical (unpaired) electrons. The van der Waals surface area contributed by atoms with Gasteiger partial charge < -0.3 is 10.6 Å². The number of hydrogen-bond donors (Lipinski definition) is 2. The summed E-state index contributed by atoms with van der Waals surface area (Å²) in [7, 11) is 0. The minimum Gasteiger partial charge on any atom is -0.366 e. The largest absolute Gasteiger partial charge is 0.366 e. The molecule has 0 aliphatic heterocycles. The van der Waals surface area contributed by atoms with E-state index < -0.39 is 0 Å². The van der Waals surface area contributed by atoms with Crippen LogP contribution in [-0.2, 0) is 0 Å². The van der Waals surface area contributed by atoms with E-state index in [0.717, 1.165) is 30.6 Å². The van der Waals surface area contributed by atoms with E-state index in [4.69, 9.17) is 11.6 Å². The van der Waals surface area contributed by atoms with Crippen LogP contribution in [0.3, 0.4) is 0 Å². The molecule has 1 heterocycles. The van der Waals surface area contributed by atoms with Crippen LogP contribution in [0.5, 0.6) is 0 Å². The maximum Gasteiger partial charge on any atom is 0.224 e. The fourth-order valence-electron chi connectivity index (χ4n) is 2.66. The first-order chi connectivity index (χ1) is 9.60. The second kappa shape index (κ2) is 7.11. The Kier molecular flexibility index (Phi) is 5.46. The van der Waals surface area contributed by atoms with Gasteiger partial charge in [-0.15, -0.1) is 0 Å². The van der Waals surface area contributed by atoms with Crippen molar-refractivity contribution in [1.82, 2.24) is 9.97 Å². The SMILES string of the molecule is CCCNc1ncc(Cl)c(NC2CCC(C)C(C)C2)n1. The topological polar surface area (TPSA) is 49.8 Å². The van der Waals surface area contributed by atoms with Crippen molar-refractivity contribution in [2.45, 2.75) is 52.5 Å². The zero-order chi connectivity index (χ0) is 14.5. The zero-order valence-electron chi connectivity index (χ0n) is 12.6. The third-order valence-electron chi connectivity index (χ3n) is 4.22. The van der Waals surface area contributed by atoms with Crippen molar-refractivity contribution >= 4 is 23.4 Å². The molecule has 0 saturated heterocycles. The molecule has 1 aliphatic carbocycles. The van der Waals surface area contributed by atoms with Crippen LogP contribution in [0.4, 0.5) is 11.8 Å². The summed E-state index contributed by atoms with van der Waals surface area (Å²) in [5.74, 6) is 2.97. The number of halogens is 1. The molecule has 1 fully saturated rings. The van der Waals surface area contributed by atoms with E-state index in [0.29, 0.717) is 17.0 Å². The molecule has 0 spiro atoms. The summed E-state index contributed by atoms with van der Waals surface area (Å²) in [5.41, 5.74) is 0. The molecule has 2 rings (SSSR count). The molecule has 1 aromatic rings. The molecule has 112 valence electrons. The standard InChI is InChI=1S/C15H25ClN4/c1-4-7-17-15-18-9-13(16)14(20-15)19-12-6-5-10(2)11(3)8-12/h9-12H,4-8H2,1-3H3,(H2,17,18,19,20). The summed E-state index contributed by atoms with van der Waals surface area (Å²) < 4.78 is 0. The van der Waals surface area contributed by atoms with E-state index in [2.05, 4.69) is 41.4 Å². The molecule has 4 nitrogen and oxygen atoms in total. The van der Waals surface area contributed by atoms with Crippen LogP contribution in [-0.4, -0.2) is 22.6 Å². The molecular weight excluding hydrogens is 272 g/mol. The summed E-state index contributed by atoms with van der Waals surface area (Å²) in [6, 6.07) is 0.465. The Morgan fingerprint density at radius 1 is 1.30 bits per heavy atom. The van der Waals surface area contributed by atoms with Crippen molar-refractivity contribution in [3.8, 4) is 0 Å². The normalized spacial score (nSPS) is 26.3. The molecule has 3 unspecified atom stereocenters. The monoisotopic (exact) mass is 296 g/mol. The highest BCUT2D eigenvalue weighted by atomic mass is 35.5. The van der Waals surface area contributed by atoms with Gasteiger partial charge in [-0.2, -0.15) is 4.98 Å². The minimum absolute atomic E-state index is 0.465. The average molecular weight is 297 g/mol. The first-order valence-corrected chi connectivity index (χ1v) is 8.01. The molecule has 20 heavy (non-hydrogen) atoms. The molecule has 0 amide bonds. The van der Waals surface area contributed by atoms with Gasteiger partial charge in [0.1, 0.15) is 5.02 Å². The Hall–Kier alpha value is -1.03. The summed E-state index contributed by atoms with van der Waals surface area (Å²) in [5, 5.41) is 7.28. The molecule has 1 aromatic heterocycles. The van der Waals surface area contributed by atoms with E-state index in [1.54, 1.807) is 6.20 Å². The minimum atomic E-state index is 0.465. The number of hydrogen-bond acceptors (Lipinski definition) is 4. The van der Waals surface area contributed by atoms with Gasteiger partial charge in [-0.05, 0) is 37.5 Å². The number of rotatable bonds is 5. The third kappa shape index (κ3) is 3.98. The average Bonchev–Trinajstić information content (AvgIpc) is 2.44. The van der Waals surface area contributed by atoms with Crippen LogP contribution in [0.25, 0.3) is 0 Å². The van der Waals surface area contributed by atoms with Gasteiger partial charge in [0.25, 0.3) is 0 Å². The van der Waals surface area contributed by atoms with Crippen molar-refractivity contribution in [2.24, 2.45) is 11.8 Å². The van der Waals surface area contributed by atoms with Crippen LogP contribution < -0.4 is 10.6 Å². The van der Waals surface area contributed by atoms with Gasteiger partial charge in [0.2, 0.25) is 5.95 Å². The molecule has 1 aliphatic rings. The van der Waals surface area contributed by atoms with Crippen molar-refractivity contribution in [3.63, 3.8) is 0 Å². The van der Waals surface area contributed by atoms with Gasteiger partial charge in [-0.25, -0.2) is 4.98 Å². The Morgan fingerprint density at radius 2 is 2.10 bits per heavy atom. The maximum absolute atomic E-state index is 6.20. The summed E-state index contributed by atoms with van der Waals surface area (Å²) in [6.45, 7) is 7.66. The third-order valence-corrected chi connectivity index (χ3v) is 4.49. The van der Waals surface area contributed by atoms with E-state index in [1.165, 1.54) is 19.3 Å². The maximum atomic E-state index is 6.20. The van der Waals surface area contributed by atoms with E-state index in [-0.39, 0.29) is 0 Å². The molecule has 2 N–H and O–H groups in total. The van der Waals surface area contributed by atoms with Gasteiger partial charge in [0.05, 0.1) is 6.20 Å². The lowest BCUT2D eigenvalue weighted by Gasteiger charge is -2.32. The number of aromatic nitrogens is 2. The van der Waals surface area contributed by atoms with Gasteiger partial charge in [-0.3, -0.25) is 0 Å². The van der Waals surface area contributed by atoms with Gasteiger partial charge >= 0.3 is 0 Å². The van der Waals surface area contributed by atoms with Crippen LogP contribution in [0.1, 0.15) is 46.5 Å². The van der Waals surface area contributed by atoms with Gasteiger partial charge in [0.15, 0.2) is 5.82 Å². The highest BCUT2D eigenvalue weighted by Gasteiger charge is 2.25. The van der Waals surface area contributed by atoms with Crippen molar-refractivity contribution in [3.05, 3.63) is 11.2 Å². The molecule has 0 aromatic carbocycles. The second-order valence-corrected chi connectivity index (χ2v) is 6.33. The molecular formula is C15H25ClN4. The van der Waals surface area contributed by atoms with Gasteiger partial charge in [0, 0.05) is 12.6 Å². The van der Waals surface area contributed by atoms with Crippen LogP contribution in [0.2, 0.25) is 5.02 Å². The Bertz CT molecular complexity index is 438. The fourth-order valence-corrected chi connectivity index (χ4v) is 2.81. The zero-order valence-corrected chi connectivity index (χ0v) is 13.4. The fraction of sp³-hybridized carbons (Fsp3) is 0.733. The number of nitrogens with one attached hydrogen (secondary N) is 2. The lowest BCUT2D eigenvalue weighted by molar-refractivity contribution is 0.260. The summed E-state index contributed by atoms with van der Waals surface area (Å²) in [4.78, 5) is 8.69. The highest BCUT2D eigenvalue weighted by Crippen LogP contribution is 2.32. The first kappa shape index (κ1) is 15.4. The Balaban J connectivity index is 2.01. The van der Waals surface area contributed by atoms with Crippen molar-refractivity contribution in [1.29, 1.82) is 0 Å². The number of anilines is 2. The van der Waals surface area contributed by atoms with Crippen LogP contribution in [0.15, 0.2) is 6.20 Å². The summed E-state index contributed by atoms with van der Waals surface area (Å²) in [6.07, 6.45) is 6.35. The summed E-state index contributed by atoms with van der Waals surface area (Å²) >= 11 is 6.20.